The fourth-order valence-electron chi connectivity index (χ4n) is 3.38. The molecule has 0 bridgehead atoms. The van der Waals surface area contributed by atoms with Gasteiger partial charge in [-0.1, -0.05) is 60.3 Å². The number of anilines is 1. The fraction of sp³-hybridized carbons (Fsp3) is 0.217. The van der Waals surface area contributed by atoms with Crippen LogP contribution in [0.3, 0.4) is 0 Å². The molecule has 1 heterocycles. The van der Waals surface area contributed by atoms with E-state index in [1.807, 2.05) is 25.1 Å². The molecule has 0 spiro atoms. The van der Waals surface area contributed by atoms with E-state index >= 15 is 0 Å². The zero-order valence-electron chi connectivity index (χ0n) is 17.0. The molecule has 8 heteroatoms. The predicted octanol–water partition coefficient (Wildman–Crippen LogP) is 3.10. The van der Waals surface area contributed by atoms with Crippen LogP contribution in [0, 0.1) is 24.2 Å². The Labute approximate surface area is 184 Å². The number of allylic oxidation sites excluding steroid dienone is 1. The number of hydrogen-bond acceptors (Lipinski definition) is 6. The first-order valence-electron chi connectivity index (χ1n) is 9.52. The van der Waals surface area contributed by atoms with E-state index in [0.29, 0.717) is 11.3 Å². The highest BCUT2D eigenvalue weighted by atomic mass is 32.2. The van der Waals surface area contributed by atoms with E-state index in [0.717, 1.165) is 17.3 Å². The first-order valence-corrected chi connectivity index (χ1v) is 10.5. The van der Waals surface area contributed by atoms with Crippen LogP contribution >= 0.6 is 11.8 Å². The molecule has 31 heavy (non-hydrogen) atoms. The molecular formula is C23H21N3O4S. The third-order valence-corrected chi connectivity index (χ3v) is 5.93. The molecule has 0 radical (unpaired) electrons. The molecule has 0 aromatic heterocycles. The van der Waals surface area contributed by atoms with Gasteiger partial charge >= 0.3 is 5.97 Å². The van der Waals surface area contributed by atoms with Crippen molar-refractivity contribution in [1.29, 1.82) is 5.26 Å². The number of rotatable bonds is 6. The SMILES string of the molecule is COC(=O)[C@H]1C(=O)NC(SCC(=O)Nc2ccccc2C)=C(C#N)[C@@H]1c1ccccc1. The van der Waals surface area contributed by atoms with Crippen LogP contribution < -0.4 is 10.6 Å². The number of ether oxygens (including phenoxy) is 1. The molecule has 0 saturated carbocycles. The lowest BCUT2D eigenvalue weighted by Gasteiger charge is -2.30. The van der Waals surface area contributed by atoms with Crippen molar-refractivity contribution < 1.29 is 19.1 Å². The van der Waals surface area contributed by atoms with Crippen molar-refractivity contribution in [3.8, 4) is 6.07 Å². The molecule has 2 aromatic rings. The van der Waals surface area contributed by atoms with Crippen LogP contribution in [0.15, 0.2) is 65.2 Å². The standard InChI is InChI=1S/C23H21N3O4S/c1-14-8-6-7-11-17(14)25-18(27)13-31-22-16(12-24)19(15-9-4-3-5-10-15)20(21(28)26-22)23(29)30-2/h3-11,19-20H,13H2,1-2H3,(H,25,27)(H,26,28)/t19-,20+/m0/s1. The molecule has 0 fully saturated rings. The van der Waals surface area contributed by atoms with Gasteiger partial charge in [0.2, 0.25) is 11.8 Å². The van der Waals surface area contributed by atoms with Gasteiger partial charge in [0.25, 0.3) is 0 Å². The van der Waals surface area contributed by atoms with Crippen LogP contribution in [0.1, 0.15) is 17.0 Å². The van der Waals surface area contributed by atoms with Gasteiger partial charge in [-0.05, 0) is 24.1 Å². The molecule has 2 amide bonds. The number of nitrogens with zero attached hydrogens (tertiary/aromatic N) is 1. The lowest BCUT2D eigenvalue weighted by molar-refractivity contribution is -0.150. The monoisotopic (exact) mass is 435 g/mol. The number of nitrogens with one attached hydrogen (secondary N) is 2. The van der Waals surface area contributed by atoms with Gasteiger partial charge in [-0.3, -0.25) is 14.4 Å². The first-order chi connectivity index (χ1) is 15.0. The van der Waals surface area contributed by atoms with Gasteiger partial charge < -0.3 is 15.4 Å². The summed E-state index contributed by atoms with van der Waals surface area (Å²) in [5, 5.41) is 15.6. The summed E-state index contributed by atoms with van der Waals surface area (Å²) in [5.74, 6) is -3.56. The van der Waals surface area contributed by atoms with Gasteiger partial charge in [-0.25, -0.2) is 0 Å². The van der Waals surface area contributed by atoms with Gasteiger partial charge in [0.15, 0.2) is 0 Å². The Morgan fingerprint density at radius 2 is 1.84 bits per heavy atom. The van der Waals surface area contributed by atoms with Gasteiger partial charge in [-0.15, -0.1) is 0 Å². The summed E-state index contributed by atoms with van der Waals surface area (Å²) < 4.78 is 4.81. The summed E-state index contributed by atoms with van der Waals surface area (Å²) in [4.78, 5) is 37.5. The number of carbonyl (C=O) groups excluding carboxylic acids is 3. The van der Waals surface area contributed by atoms with Crippen molar-refractivity contribution in [1.82, 2.24) is 5.32 Å². The Morgan fingerprint density at radius 1 is 1.16 bits per heavy atom. The Kier molecular flexibility index (Phi) is 7.11. The average molecular weight is 436 g/mol. The number of para-hydroxylation sites is 1. The van der Waals surface area contributed by atoms with E-state index in [1.54, 1.807) is 36.4 Å². The molecule has 2 atom stereocenters. The summed E-state index contributed by atoms with van der Waals surface area (Å²) in [6.45, 7) is 1.89. The Bertz CT molecular complexity index is 1080. The van der Waals surface area contributed by atoms with Crippen molar-refractivity contribution in [2.24, 2.45) is 5.92 Å². The van der Waals surface area contributed by atoms with Gasteiger partial charge in [0, 0.05) is 11.6 Å². The molecule has 1 aliphatic heterocycles. The molecular weight excluding hydrogens is 414 g/mol. The zero-order chi connectivity index (χ0) is 22.4. The summed E-state index contributed by atoms with van der Waals surface area (Å²) in [6.07, 6.45) is 0. The highest BCUT2D eigenvalue weighted by Gasteiger charge is 2.44. The molecule has 7 nitrogen and oxygen atoms in total. The molecule has 2 aromatic carbocycles. The molecule has 158 valence electrons. The van der Waals surface area contributed by atoms with E-state index < -0.39 is 23.7 Å². The number of thioether (sulfide) groups is 1. The second kappa shape index (κ2) is 9.96. The van der Waals surface area contributed by atoms with Crippen molar-refractivity contribution >= 4 is 35.2 Å². The summed E-state index contributed by atoms with van der Waals surface area (Å²) in [6, 6.07) is 18.4. The van der Waals surface area contributed by atoms with Crippen molar-refractivity contribution in [3.05, 3.63) is 76.3 Å². The number of nitriles is 1. The molecule has 0 unspecified atom stereocenters. The average Bonchev–Trinajstić information content (AvgIpc) is 2.78. The van der Waals surface area contributed by atoms with E-state index in [-0.39, 0.29) is 22.3 Å². The highest BCUT2D eigenvalue weighted by Crippen LogP contribution is 2.40. The summed E-state index contributed by atoms with van der Waals surface area (Å²) >= 11 is 1.05. The topological polar surface area (TPSA) is 108 Å². The van der Waals surface area contributed by atoms with E-state index in [1.165, 1.54) is 7.11 Å². The minimum absolute atomic E-state index is 0.0144. The van der Waals surface area contributed by atoms with Crippen LogP contribution in [-0.2, 0) is 19.1 Å². The number of methoxy groups -OCH3 is 1. The number of hydrogen-bond donors (Lipinski definition) is 2. The fourth-order valence-corrected chi connectivity index (χ4v) is 4.23. The van der Waals surface area contributed by atoms with Crippen LogP contribution in [0.4, 0.5) is 5.69 Å². The first kappa shape index (κ1) is 22.1. The minimum Gasteiger partial charge on any atom is -0.468 e. The number of amides is 2. The third-order valence-electron chi connectivity index (χ3n) is 4.91. The predicted molar refractivity (Wildman–Crippen MR) is 118 cm³/mol. The van der Waals surface area contributed by atoms with Crippen LogP contribution in [0.25, 0.3) is 0 Å². The minimum atomic E-state index is -1.19. The van der Waals surface area contributed by atoms with E-state index in [4.69, 9.17) is 4.74 Å². The van der Waals surface area contributed by atoms with Crippen molar-refractivity contribution in [2.75, 3.05) is 18.2 Å². The van der Waals surface area contributed by atoms with E-state index in [2.05, 4.69) is 16.7 Å². The quantitative estimate of drug-likeness (QED) is 0.533. The lowest BCUT2D eigenvalue weighted by atomic mass is 9.78. The third kappa shape index (κ3) is 4.95. The highest BCUT2D eigenvalue weighted by molar-refractivity contribution is 8.03. The maximum Gasteiger partial charge on any atom is 0.319 e. The molecule has 3 rings (SSSR count). The lowest BCUT2D eigenvalue weighted by Crippen LogP contribution is -2.44. The maximum atomic E-state index is 12.8. The number of benzene rings is 2. The Hall–Kier alpha value is -3.57. The second-order valence-corrected chi connectivity index (χ2v) is 7.87. The molecule has 0 saturated heterocycles. The molecule has 0 aliphatic carbocycles. The van der Waals surface area contributed by atoms with Crippen molar-refractivity contribution in [2.45, 2.75) is 12.8 Å². The van der Waals surface area contributed by atoms with Crippen molar-refractivity contribution in [3.63, 3.8) is 0 Å². The number of carbonyl (C=O) groups is 3. The number of aryl methyl sites for hydroxylation is 1. The number of esters is 1. The largest absolute Gasteiger partial charge is 0.468 e. The smallest absolute Gasteiger partial charge is 0.319 e. The summed E-state index contributed by atoms with van der Waals surface area (Å²) in [7, 11) is 1.20. The molecule has 2 N–H and O–H groups in total. The van der Waals surface area contributed by atoms with Crippen LogP contribution in [0.2, 0.25) is 0 Å². The van der Waals surface area contributed by atoms with Gasteiger partial charge in [0.1, 0.15) is 5.92 Å². The Morgan fingerprint density at radius 3 is 2.48 bits per heavy atom. The molecule has 1 aliphatic rings. The van der Waals surface area contributed by atoms with Crippen LogP contribution in [-0.4, -0.2) is 30.6 Å². The van der Waals surface area contributed by atoms with Gasteiger partial charge in [-0.2, -0.15) is 5.26 Å². The normalized spacial score (nSPS) is 18.0. The second-order valence-electron chi connectivity index (χ2n) is 6.88. The van der Waals surface area contributed by atoms with E-state index in [9.17, 15) is 19.6 Å². The Balaban J connectivity index is 1.87. The van der Waals surface area contributed by atoms with Crippen LogP contribution in [0.5, 0.6) is 0 Å². The van der Waals surface area contributed by atoms with Gasteiger partial charge in [0.05, 0.1) is 29.5 Å². The zero-order valence-corrected chi connectivity index (χ0v) is 17.9. The maximum absolute atomic E-state index is 12.8. The summed E-state index contributed by atoms with van der Waals surface area (Å²) in [5.41, 5.74) is 2.48.